The van der Waals surface area contributed by atoms with E-state index in [4.69, 9.17) is 14.0 Å². The van der Waals surface area contributed by atoms with Gasteiger partial charge in [0.1, 0.15) is 0 Å². The lowest BCUT2D eigenvalue weighted by molar-refractivity contribution is -1.63. The number of hydrogen-bond donors (Lipinski definition) is 1. The van der Waals surface area contributed by atoms with Crippen LogP contribution in [-0.4, -0.2) is 4.66 Å². The molecule has 0 spiro atoms. The Morgan fingerprint density at radius 2 is 1.40 bits per heavy atom. The number of hydrogen-bond acceptors (Lipinski definition) is 3. The number of rotatable bonds is 0. The third-order valence-corrected chi connectivity index (χ3v) is 0. The average molecular weight is 104 g/mol. The Kier molecular flexibility index (Phi) is 7.32. The van der Waals surface area contributed by atoms with Gasteiger partial charge in [-0.25, -0.2) is 0 Å². The highest BCUT2D eigenvalue weighted by Gasteiger charge is 1.79. The van der Waals surface area contributed by atoms with Crippen molar-refractivity contribution in [2.75, 3.05) is 0 Å². The van der Waals surface area contributed by atoms with Gasteiger partial charge in [-0.3, -0.25) is 4.70 Å². The van der Waals surface area contributed by atoms with Crippen molar-refractivity contribution in [1.29, 1.82) is 0 Å². The van der Waals surface area contributed by atoms with Crippen LogP contribution in [0.5, 0.6) is 0 Å². The molecule has 0 aliphatic carbocycles. The van der Waals surface area contributed by atoms with E-state index in [2.05, 4.69) is 0 Å². The molecule has 0 bridgehead atoms. The summed E-state index contributed by atoms with van der Waals surface area (Å²) in [6.07, 6.45) is 0. The Bertz CT molecular complexity index is 11.6. The fourth-order valence-electron chi connectivity index (χ4n) is 0. The summed E-state index contributed by atoms with van der Waals surface area (Å²) in [5, 5.41) is 0. The monoisotopic (exact) mass is 104 g/mol. The molecule has 34 valence electrons. The maximum Gasteiger partial charge on any atom is 0.282 e. The van der Waals surface area contributed by atoms with Crippen molar-refractivity contribution in [3.05, 3.63) is 0 Å². The zero-order valence-corrected chi connectivity index (χ0v) is 2.81. The van der Waals surface area contributed by atoms with Crippen molar-refractivity contribution < 1.29 is 29.5 Å². The van der Waals surface area contributed by atoms with Crippen LogP contribution in [0.4, 0.5) is 4.70 Å². The van der Waals surface area contributed by atoms with Crippen molar-refractivity contribution in [2.24, 2.45) is 0 Å². The van der Waals surface area contributed by atoms with Gasteiger partial charge in [-0.1, -0.05) is 0 Å². The van der Waals surface area contributed by atoms with E-state index in [1.165, 1.54) is 0 Å². The van der Waals surface area contributed by atoms with Crippen LogP contribution in [0.15, 0.2) is 0 Å². The third-order valence-electron chi connectivity index (χ3n) is 0. The van der Waals surface area contributed by atoms with Crippen LogP contribution in [0.3, 0.4) is 0 Å². The van der Waals surface area contributed by atoms with Gasteiger partial charge in [-0.05, 0) is 0 Å². The smallest absolute Gasteiger partial charge is 0.282 e. The Hall–Kier alpha value is 0.1000. The molecule has 3 nitrogen and oxygen atoms in total. The zero-order chi connectivity index (χ0) is 3.58. The summed E-state index contributed by atoms with van der Waals surface area (Å²) >= 11 is 0. The second-order valence-corrected chi connectivity index (χ2v) is 0.603. The van der Waals surface area contributed by atoms with Crippen molar-refractivity contribution in [2.45, 2.75) is 0 Å². The minimum atomic E-state index is -2.60. The summed E-state index contributed by atoms with van der Waals surface area (Å²) in [4.78, 5) is 0. The van der Waals surface area contributed by atoms with Gasteiger partial charge in [0, 0.05) is 4.66 Å². The largest absolute Gasteiger partial charge is 0.321 e. The van der Waals surface area contributed by atoms with Gasteiger partial charge in [0.05, 0.1) is 0 Å². The molecule has 1 N–H and O–H groups in total. The van der Waals surface area contributed by atoms with E-state index in [0.29, 0.717) is 0 Å². The summed E-state index contributed by atoms with van der Waals surface area (Å²) in [5.74, 6) is 0. The third kappa shape index (κ3) is 1810. The topological polar surface area (TPSA) is 66.3 Å². The molecule has 0 aromatic rings. The molecule has 0 aliphatic heterocycles. The molecule has 0 atom stereocenters. The molecule has 0 aromatic heterocycles. The summed E-state index contributed by atoms with van der Waals surface area (Å²) in [7, 11) is -2.60. The summed E-state index contributed by atoms with van der Waals surface area (Å²) in [5.41, 5.74) is 0. The van der Waals surface area contributed by atoms with Crippen LogP contribution in [0, 0.1) is 10.8 Å². The van der Waals surface area contributed by atoms with Crippen molar-refractivity contribution in [1.82, 2.24) is 0 Å². The van der Waals surface area contributed by atoms with Gasteiger partial charge < -0.3 is 9.32 Å². The van der Waals surface area contributed by atoms with Crippen LogP contribution in [0.1, 0.15) is 0 Å². The predicted molar refractivity (Wildman–Crippen MR) is 4.72 cm³/mol. The van der Waals surface area contributed by atoms with E-state index in [1.807, 2.05) is 0 Å². The Morgan fingerprint density at radius 3 is 1.40 bits per heavy atom. The second-order valence-electron chi connectivity index (χ2n) is 0.201. The second kappa shape index (κ2) is 4.10. The average Bonchev–Trinajstić information content (AvgIpc) is 0.811. The SMILES string of the molecule is F.[O-][Cl+2]([O-])O. The minimum absolute atomic E-state index is 0. The molecule has 0 unspecified atom stereocenters. The van der Waals surface area contributed by atoms with Gasteiger partial charge in [-0.15, -0.1) is 0 Å². The first kappa shape index (κ1) is 8.92. The van der Waals surface area contributed by atoms with Crippen molar-refractivity contribution in [3.8, 4) is 0 Å². The first-order valence-electron chi connectivity index (χ1n) is 0.478. The minimum Gasteiger partial charge on any atom is -0.321 e. The fraction of sp³-hybridized carbons (Fsp3) is 0. The molecule has 0 radical (unpaired) electrons. The molecule has 0 heterocycles. The Balaban J connectivity index is 0. The lowest BCUT2D eigenvalue weighted by Gasteiger charge is -1.72. The highest BCUT2D eigenvalue weighted by atomic mass is 35.6. The first-order chi connectivity index (χ1) is 1.73. The maximum atomic E-state index is 8.52. The highest BCUT2D eigenvalue weighted by molar-refractivity contribution is 1.94. The summed E-state index contributed by atoms with van der Waals surface area (Å²) in [6, 6.07) is 0. The molecular weight excluding hydrogens is 102 g/mol. The Labute approximate surface area is 30.6 Å². The van der Waals surface area contributed by atoms with Gasteiger partial charge in [0.2, 0.25) is 0 Å². The van der Waals surface area contributed by atoms with E-state index < -0.39 is 10.8 Å². The van der Waals surface area contributed by atoms with Crippen LogP contribution >= 0.6 is 0 Å². The molecule has 0 amide bonds. The van der Waals surface area contributed by atoms with E-state index in [-0.39, 0.29) is 4.70 Å². The molecule has 0 fully saturated rings. The Morgan fingerprint density at radius 1 is 1.40 bits per heavy atom. The summed E-state index contributed by atoms with van der Waals surface area (Å²) < 4.78 is 24.0. The molecule has 0 rings (SSSR count). The standard InChI is InChI=1S/ClHO3.FH/c2-1(3)4;/h2H;1H. The molecule has 0 saturated carbocycles. The summed E-state index contributed by atoms with van der Waals surface area (Å²) in [6.45, 7) is 0. The highest BCUT2D eigenvalue weighted by Crippen LogP contribution is 1.38. The van der Waals surface area contributed by atoms with Crippen molar-refractivity contribution >= 4 is 0 Å². The van der Waals surface area contributed by atoms with E-state index >= 15 is 0 Å². The maximum absolute atomic E-state index is 8.52. The van der Waals surface area contributed by atoms with Crippen LogP contribution in [0.25, 0.3) is 0 Å². The molecule has 0 aliphatic rings. The van der Waals surface area contributed by atoms with Gasteiger partial charge >= 0.3 is 0 Å². The van der Waals surface area contributed by atoms with Gasteiger partial charge in [0.25, 0.3) is 10.8 Å². The van der Waals surface area contributed by atoms with Crippen LogP contribution in [-0.2, 0) is 0 Å². The fourth-order valence-corrected chi connectivity index (χ4v) is 0. The quantitative estimate of drug-likeness (QED) is 0.362. The molecule has 5 heteroatoms. The molecule has 5 heavy (non-hydrogen) atoms. The number of halogens is 2. The molecule has 0 aromatic carbocycles. The van der Waals surface area contributed by atoms with Gasteiger partial charge in [-0.2, -0.15) is 0 Å². The zero-order valence-electron chi connectivity index (χ0n) is 2.05. The van der Waals surface area contributed by atoms with Crippen LogP contribution < -0.4 is 9.32 Å². The predicted octanol–water partition coefficient (Wildman–Crippen LogP) is -2.78. The lowest BCUT2D eigenvalue weighted by Crippen LogP contribution is -2.30. The van der Waals surface area contributed by atoms with Gasteiger partial charge in [0.15, 0.2) is 0 Å². The van der Waals surface area contributed by atoms with Crippen LogP contribution in [0.2, 0.25) is 0 Å². The first-order valence-corrected chi connectivity index (χ1v) is 1.43. The van der Waals surface area contributed by atoms with Crippen molar-refractivity contribution in [3.63, 3.8) is 0 Å². The normalized spacial score (nSPS) is 7.20. The van der Waals surface area contributed by atoms with E-state index in [9.17, 15) is 0 Å². The lowest BCUT2D eigenvalue weighted by atomic mass is 15.8. The molecule has 0 saturated heterocycles. The molecular formula is H2ClFO3. The van der Waals surface area contributed by atoms with E-state index in [0.717, 1.165) is 0 Å². The van der Waals surface area contributed by atoms with E-state index in [1.54, 1.807) is 0 Å².